The molecule has 0 aromatic rings. The third kappa shape index (κ3) is 3.96. The molecule has 0 radical (unpaired) electrons. The van der Waals surface area contributed by atoms with E-state index in [2.05, 4.69) is 52.0 Å². The van der Waals surface area contributed by atoms with Gasteiger partial charge in [0, 0.05) is 11.8 Å². The maximum Gasteiger partial charge on any atom is 0.139 e. The Balaban J connectivity index is 2.82. The van der Waals surface area contributed by atoms with Crippen molar-refractivity contribution in [3.8, 4) is 0 Å². The summed E-state index contributed by atoms with van der Waals surface area (Å²) in [5.41, 5.74) is -0.206. The summed E-state index contributed by atoms with van der Waals surface area (Å²) in [5, 5.41) is 0. The second-order valence-corrected chi connectivity index (χ2v) is 5.76. The lowest BCUT2D eigenvalue weighted by atomic mass is 9.81. The summed E-state index contributed by atoms with van der Waals surface area (Å²) in [6.45, 7) is 8.45. The van der Waals surface area contributed by atoms with Gasteiger partial charge in [0.05, 0.1) is 0 Å². The largest absolute Gasteiger partial charge is 0.299 e. The highest BCUT2D eigenvalue weighted by Crippen LogP contribution is 2.27. The third-order valence-electron chi connectivity index (χ3n) is 3.33. The van der Waals surface area contributed by atoms with Crippen LogP contribution in [0.2, 0.25) is 0 Å². The van der Waals surface area contributed by atoms with Gasteiger partial charge >= 0.3 is 0 Å². The highest BCUT2D eigenvalue weighted by molar-refractivity contribution is 5.84. The van der Waals surface area contributed by atoms with Crippen molar-refractivity contribution in [3.63, 3.8) is 0 Å². The van der Waals surface area contributed by atoms with E-state index in [9.17, 15) is 4.79 Å². The van der Waals surface area contributed by atoms with Crippen molar-refractivity contribution in [2.24, 2.45) is 17.3 Å². The van der Waals surface area contributed by atoms with E-state index in [1.165, 1.54) is 0 Å². The van der Waals surface area contributed by atoms with Crippen LogP contribution >= 0.6 is 0 Å². The monoisotopic (exact) mass is 220 g/mol. The number of allylic oxidation sites excluding steroid dienone is 4. The van der Waals surface area contributed by atoms with Gasteiger partial charge in [0.1, 0.15) is 5.78 Å². The SMILES string of the molecule is CC1/C=C\CC(C)/C=C/CC(C)(C)C(=O)C1. The fourth-order valence-electron chi connectivity index (χ4n) is 1.95. The van der Waals surface area contributed by atoms with Crippen LogP contribution in [-0.4, -0.2) is 5.78 Å². The summed E-state index contributed by atoms with van der Waals surface area (Å²) >= 11 is 0. The lowest BCUT2D eigenvalue weighted by Gasteiger charge is -2.22. The molecule has 0 amide bonds. The number of carbonyl (C=O) groups excluding carboxylic acids is 1. The van der Waals surface area contributed by atoms with Gasteiger partial charge in [0.2, 0.25) is 0 Å². The van der Waals surface area contributed by atoms with E-state index in [1.807, 2.05) is 0 Å². The van der Waals surface area contributed by atoms with E-state index in [4.69, 9.17) is 0 Å². The summed E-state index contributed by atoms with van der Waals surface area (Å²) in [7, 11) is 0. The van der Waals surface area contributed by atoms with Crippen molar-refractivity contribution in [2.75, 3.05) is 0 Å². The van der Waals surface area contributed by atoms with E-state index in [-0.39, 0.29) is 5.41 Å². The molecular weight excluding hydrogens is 196 g/mol. The minimum Gasteiger partial charge on any atom is -0.299 e. The van der Waals surface area contributed by atoms with E-state index >= 15 is 0 Å². The third-order valence-corrected chi connectivity index (χ3v) is 3.33. The molecule has 1 nitrogen and oxygen atoms in total. The summed E-state index contributed by atoms with van der Waals surface area (Å²) in [6.07, 6.45) is 11.4. The minimum absolute atomic E-state index is 0.206. The predicted octanol–water partition coefficient (Wildman–Crippen LogP) is 4.15. The van der Waals surface area contributed by atoms with Gasteiger partial charge in [-0.2, -0.15) is 0 Å². The molecule has 0 spiro atoms. The van der Waals surface area contributed by atoms with Crippen molar-refractivity contribution in [2.45, 2.75) is 47.0 Å². The van der Waals surface area contributed by atoms with Gasteiger partial charge in [-0.15, -0.1) is 0 Å². The van der Waals surface area contributed by atoms with Gasteiger partial charge in [-0.3, -0.25) is 4.79 Å². The van der Waals surface area contributed by atoms with Crippen LogP contribution in [0.25, 0.3) is 0 Å². The molecule has 1 rings (SSSR count). The van der Waals surface area contributed by atoms with E-state index < -0.39 is 0 Å². The first kappa shape index (κ1) is 13.2. The van der Waals surface area contributed by atoms with E-state index in [0.29, 0.717) is 24.0 Å². The lowest BCUT2D eigenvalue weighted by molar-refractivity contribution is -0.127. The first-order valence-corrected chi connectivity index (χ1v) is 6.28. The minimum atomic E-state index is -0.206. The molecule has 2 atom stereocenters. The zero-order valence-electron chi connectivity index (χ0n) is 11.0. The maximum absolute atomic E-state index is 12.1. The van der Waals surface area contributed by atoms with Crippen LogP contribution in [0, 0.1) is 17.3 Å². The van der Waals surface area contributed by atoms with E-state index in [1.54, 1.807) is 0 Å². The molecule has 0 aromatic carbocycles. The Morgan fingerprint density at radius 3 is 2.44 bits per heavy atom. The van der Waals surface area contributed by atoms with Crippen molar-refractivity contribution in [1.29, 1.82) is 0 Å². The summed E-state index contributed by atoms with van der Waals surface area (Å²) < 4.78 is 0. The van der Waals surface area contributed by atoms with Crippen molar-refractivity contribution in [1.82, 2.24) is 0 Å². The number of rotatable bonds is 0. The molecule has 0 aromatic heterocycles. The summed E-state index contributed by atoms with van der Waals surface area (Å²) in [4.78, 5) is 12.1. The molecule has 0 saturated heterocycles. The summed E-state index contributed by atoms with van der Waals surface area (Å²) in [6, 6.07) is 0. The summed E-state index contributed by atoms with van der Waals surface area (Å²) in [5.74, 6) is 1.33. The second kappa shape index (κ2) is 5.47. The molecule has 16 heavy (non-hydrogen) atoms. The Morgan fingerprint density at radius 1 is 1.12 bits per heavy atom. The molecular formula is C15H24O. The molecule has 1 heteroatoms. The Hall–Kier alpha value is -0.850. The zero-order valence-corrected chi connectivity index (χ0v) is 11.0. The predicted molar refractivity (Wildman–Crippen MR) is 69.2 cm³/mol. The Kier molecular flexibility index (Phi) is 4.52. The topological polar surface area (TPSA) is 17.1 Å². The van der Waals surface area contributed by atoms with Crippen LogP contribution in [0.4, 0.5) is 0 Å². The quantitative estimate of drug-likeness (QED) is 0.560. The highest BCUT2D eigenvalue weighted by Gasteiger charge is 2.26. The molecule has 1 aliphatic carbocycles. The Morgan fingerprint density at radius 2 is 1.75 bits per heavy atom. The molecule has 90 valence electrons. The number of carbonyl (C=O) groups is 1. The molecule has 0 bridgehead atoms. The fourth-order valence-corrected chi connectivity index (χ4v) is 1.95. The Bertz CT molecular complexity index is 297. The molecule has 0 saturated carbocycles. The number of hydrogen-bond acceptors (Lipinski definition) is 1. The smallest absolute Gasteiger partial charge is 0.139 e. The van der Waals surface area contributed by atoms with Gasteiger partial charge in [-0.1, -0.05) is 52.0 Å². The average Bonchev–Trinajstić information content (AvgIpc) is 2.17. The van der Waals surface area contributed by atoms with Gasteiger partial charge in [-0.25, -0.2) is 0 Å². The number of Topliss-reactive ketones (excluding diaryl/α,β-unsaturated/α-hetero) is 1. The molecule has 0 fully saturated rings. The lowest BCUT2D eigenvalue weighted by Crippen LogP contribution is -2.24. The van der Waals surface area contributed by atoms with Crippen LogP contribution in [0.1, 0.15) is 47.0 Å². The first-order valence-electron chi connectivity index (χ1n) is 6.28. The van der Waals surface area contributed by atoms with Gasteiger partial charge in [0.25, 0.3) is 0 Å². The van der Waals surface area contributed by atoms with Gasteiger partial charge in [0.15, 0.2) is 0 Å². The van der Waals surface area contributed by atoms with Crippen LogP contribution < -0.4 is 0 Å². The van der Waals surface area contributed by atoms with Crippen LogP contribution in [0.3, 0.4) is 0 Å². The first-order chi connectivity index (χ1) is 7.42. The number of ketones is 1. The maximum atomic E-state index is 12.1. The van der Waals surface area contributed by atoms with Crippen LogP contribution in [-0.2, 0) is 4.79 Å². The zero-order chi connectivity index (χ0) is 12.2. The van der Waals surface area contributed by atoms with Crippen molar-refractivity contribution in [3.05, 3.63) is 24.3 Å². The molecule has 0 N–H and O–H groups in total. The normalized spacial score (nSPS) is 35.1. The molecule has 0 heterocycles. The molecule has 1 aliphatic rings. The van der Waals surface area contributed by atoms with Crippen LogP contribution in [0.5, 0.6) is 0 Å². The van der Waals surface area contributed by atoms with Crippen molar-refractivity contribution >= 4 is 5.78 Å². The standard InChI is InChI=1S/C15H24O/c1-12-7-5-8-13(2)11-14(16)15(3,4)10-6-9-12/h5-6,8-9,12-13H,7,10-11H2,1-4H3/b8-5-,9-6+. The second-order valence-electron chi connectivity index (χ2n) is 5.76. The van der Waals surface area contributed by atoms with Gasteiger partial charge < -0.3 is 0 Å². The number of hydrogen-bond donors (Lipinski definition) is 0. The van der Waals surface area contributed by atoms with Crippen molar-refractivity contribution < 1.29 is 4.79 Å². The molecule has 0 aliphatic heterocycles. The fraction of sp³-hybridized carbons (Fsp3) is 0.667. The van der Waals surface area contributed by atoms with Gasteiger partial charge in [-0.05, 0) is 24.7 Å². The van der Waals surface area contributed by atoms with Crippen LogP contribution in [0.15, 0.2) is 24.3 Å². The van der Waals surface area contributed by atoms with E-state index in [0.717, 1.165) is 12.8 Å². The Labute approximate surface area is 99.6 Å². The average molecular weight is 220 g/mol. The highest BCUT2D eigenvalue weighted by atomic mass is 16.1. The molecule has 2 unspecified atom stereocenters.